The lowest BCUT2D eigenvalue weighted by Gasteiger charge is -2.29. The molecule has 1 aliphatic heterocycles. The third-order valence-electron chi connectivity index (χ3n) is 6.46. The molecule has 1 heterocycles. The van der Waals surface area contributed by atoms with E-state index in [0.717, 1.165) is 10.5 Å². The second-order valence-electron chi connectivity index (χ2n) is 9.30. The molecule has 3 aromatic carbocycles. The molecule has 0 saturated heterocycles. The number of hydrogen-bond donors (Lipinski definition) is 3. The van der Waals surface area contributed by atoms with Gasteiger partial charge in [-0.25, -0.2) is 10.4 Å². The van der Waals surface area contributed by atoms with Crippen LogP contribution < -0.4 is 15.6 Å². The zero-order valence-electron chi connectivity index (χ0n) is 22.0. The van der Waals surface area contributed by atoms with Crippen molar-refractivity contribution in [2.24, 2.45) is 4.99 Å². The lowest BCUT2D eigenvalue weighted by molar-refractivity contribution is -0.138. The number of alkyl halides is 3. The number of hydrazine groups is 1. The number of carbonyl (C=O) groups excluding carboxylic acids is 1. The van der Waals surface area contributed by atoms with E-state index in [-0.39, 0.29) is 31.0 Å². The third kappa shape index (κ3) is 7.16. The highest BCUT2D eigenvalue weighted by Gasteiger charge is 2.52. The van der Waals surface area contributed by atoms with Crippen LogP contribution in [0.2, 0.25) is 0 Å². The summed E-state index contributed by atoms with van der Waals surface area (Å²) in [5.41, 5.74) is 4.17. The van der Waals surface area contributed by atoms with Gasteiger partial charge in [-0.2, -0.15) is 13.2 Å². The average Bonchev–Trinajstić information content (AvgIpc) is 3.34. The molecular weight excluding hydrogens is 603 g/mol. The van der Waals surface area contributed by atoms with Crippen LogP contribution in [0.3, 0.4) is 0 Å². The highest BCUT2D eigenvalue weighted by Crippen LogP contribution is 2.43. The number of aliphatic hydroxyl groups excluding tert-OH is 1. The van der Waals surface area contributed by atoms with Gasteiger partial charge >= 0.3 is 6.18 Å². The van der Waals surface area contributed by atoms with Crippen molar-refractivity contribution < 1.29 is 32.5 Å². The van der Waals surface area contributed by atoms with Gasteiger partial charge in [0.05, 0.1) is 12.2 Å². The molecule has 3 N–H and O–H groups in total. The molecule has 0 bridgehead atoms. The number of nitrogens with one attached hydrogen (secondary N) is 2. The zero-order chi connectivity index (χ0) is 29.5. The largest absolute Gasteiger partial charge is 0.494 e. The predicted molar refractivity (Wildman–Crippen MR) is 152 cm³/mol. The maximum atomic E-state index is 13.8. The average molecular weight is 632 g/mol. The Labute approximate surface area is 244 Å². The first-order valence-electron chi connectivity index (χ1n) is 12.8. The van der Waals surface area contributed by atoms with Crippen LogP contribution in [0.1, 0.15) is 41.2 Å². The molecule has 11 heteroatoms. The normalized spacial score (nSPS) is 18.4. The Hall–Kier alpha value is -3.67. The van der Waals surface area contributed by atoms with Gasteiger partial charge in [0, 0.05) is 36.0 Å². The summed E-state index contributed by atoms with van der Waals surface area (Å²) in [6, 6.07) is 19.4. The molecular formula is C30H29BrF3N3O4. The monoisotopic (exact) mass is 631 g/mol. The Morgan fingerprint density at radius 3 is 2.49 bits per heavy atom. The Kier molecular flexibility index (Phi) is 9.85. The molecule has 0 saturated carbocycles. The standard InChI is InChI=1S/C30H29BrF3N3O4/c1-2-16-29(28(39)37-35-19-22-6-3-4-7-25(22)30(32,33)34)26(20-8-12-23(31)13-9-20)41-27(36-29)21-10-14-24(15-11-21)40-18-5-17-38/h2-4,6-15,26,35,38H,1,5,16-19H2,(H,37,39)/t26-,29-/m0/s1. The minimum absolute atomic E-state index is 0.0179. The molecule has 0 spiro atoms. The minimum atomic E-state index is -4.53. The minimum Gasteiger partial charge on any atom is -0.494 e. The topological polar surface area (TPSA) is 92.2 Å². The first-order valence-corrected chi connectivity index (χ1v) is 13.6. The number of halogens is 4. The van der Waals surface area contributed by atoms with Crippen molar-refractivity contribution in [2.75, 3.05) is 13.2 Å². The molecule has 0 fully saturated rings. The SMILES string of the molecule is C=CC[C@]1(C(=O)NNCc2ccccc2C(F)(F)F)N=C(c2ccc(OCCCO)cc2)O[C@H]1c1ccc(Br)cc1. The van der Waals surface area contributed by atoms with Gasteiger partial charge in [0.15, 0.2) is 11.6 Å². The fraction of sp³-hybridized carbons (Fsp3) is 0.267. The van der Waals surface area contributed by atoms with Gasteiger partial charge in [-0.1, -0.05) is 52.3 Å². The van der Waals surface area contributed by atoms with Crippen LogP contribution in [-0.4, -0.2) is 35.7 Å². The van der Waals surface area contributed by atoms with E-state index >= 15 is 0 Å². The molecule has 0 aliphatic carbocycles. The maximum absolute atomic E-state index is 13.8. The number of aliphatic hydroxyl groups is 1. The molecule has 2 atom stereocenters. The molecule has 3 aromatic rings. The fourth-order valence-corrected chi connectivity index (χ4v) is 4.72. The number of rotatable bonds is 12. The van der Waals surface area contributed by atoms with Gasteiger partial charge in [-0.05, 0) is 53.6 Å². The maximum Gasteiger partial charge on any atom is 0.416 e. The molecule has 4 rings (SSSR count). The van der Waals surface area contributed by atoms with Crippen molar-refractivity contribution in [3.05, 3.63) is 112 Å². The van der Waals surface area contributed by atoms with Crippen molar-refractivity contribution in [3.8, 4) is 5.75 Å². The molecule has 7 nitrogen and oxygen atoms in total. The van der Waals surface area contributed by atoms with Crippen LogP contribution in [0, 0.1) is 0 Å². The quantitative estimate of drug-likeness (QED) is 0.132. The second-order valence-corrected chi connectivity index (χ2v) is 10.2. The molecule has 216 valence electrons. The van der Waals surface area contributed by atoms with Crippen LogP contribution in [0.5, 0.6) is 5.75 Å². The van der Waals surface area contributed by atoms with Gasteiger partial charge in [0.1, 0.15) is 5.75 Å². The molecule has 0 radical (unpaired) electrons. The summed E-state index contributed by atoms with van der Waals surface area (Å²) in [6.45, 7) is 3.94. The van der Waals surface area contributed by atoms with E-state index < -0.39 is 29.3 Å². The lowest BCUT2D eigenvalue weighted by atomic mass is 9.84. The number of carbonyl (C=O) groups is 1. The van der Waals surface area contributed by atoms with Gasteiger partial charge < -0.3 is 14.6 Å². The van der Waals surface area contributed by atoms with Gasteiger partial charge in [-0.3, -0.25) is 10.2 Å². The number of hydrogen-bond acceptors (Lipinski definition) is 6. The van der Waals surface area contributed by atoms with Gasteiger partial charge in [-0.15, -0.1) is 6.58 Å². The Bertz CT molecular complexity index is 1380. The smallest absolute Gasteiger partial charge is 0.416 e. The predicted octanol–water partition coefficient (Wildman–Crippen LogP) is 5.88. The van der Waals surface area contributed by atoms with E-state index in [1.165, 1.54) is 18.2 Å². The summed E-state index contributed by atoms with van der Waals surface area (Å²) >= 11 is 3.42. The van der Waals surface area contributed by atoms with E-state index in [2.05, 4.69) is 33.4 Å². The summed E-state index contributed by atoms with van der Waals surface area (Å²) in [4.78, 5) is 18.5. The van der Waals surface area contributed by atoms with Crippen LogP contribution in [0.25, 0.3) is 0 Å². The van der Waals surface area contributed by atoms with Crippen molar-refractivity contribution >= 4 is 27.7 Å². The summed E-state index contributed by atoms with van der Waals surface area (Å²) < 4.78 is 53.0. The summed E-state index contributed by atoms with van der Waals surface area (Å²) in [6.07, 6.45) is -3.24. The summed E-state index contributed by atoms with van der Waals surface area (Å²) in [5.74, 6) is 0.233. The van der Waals surface area contributed by atoms with E-state index in [4.69, 9.17) is 19.6 Å². The summed E-state index contributed by atoms with van der Waals surface area (Å²) in [7, 11) is 0. The molecule has 0 aromatic heterocycles. The van der Waals surface area contributed by atoms with Gasteiger partial charge in [0.2, 0.25) is 5.90 Å². The highest BCUT2D eigenvalue weighted by atomic mass is 79.9. The van der Waals surface area contributed by atoms with Crippen molar-refractivity contribution in [1.82, 2.24) is 10.9 Å². The number of aliphatic imine (C=N–C) groups is 1. The molecule has 1 amide bonds. The molecule has 0 unspecified atom stereocenters. The zero-order valence-corrected chi connectivity index (χ0v) is 23.5. The number of amides is 1. The summed E-state index contributed by atoms with van der Waals surface area (Å²) in [5, 5.41) is 8.96. The first-order chi connectivity index (χ1) is 19.7. The number of benzene rings is 3. The van der Waals surface area contributed by atoms with E-state index in [0.29, 0.717) is 29.9 Å². The first kappa shape index (κ1) is 30.3. The fourth-order valence-electron chi connectivity index (χ4n) is 4.45. The van der Waals surface area contributed by atoms with Crippen LogP contribution >= 0.6 is 15.9 Å². The Morgan fingerprint density at radius 2 is 1.83 bits per heavy atom. The van der Waals surface area contributed by atoms with Crippen molar-refractivity contribution in [1.29, 1.82) is 0 Å². The van der Waals surface area contributed by atoms with Crippen LogP contribution in [0.4, 0.5) is 13.2 Å². The van der Waals surface area contributed by atoms with E-state index in [1.807, 2.05) is 24.3 Å². The van der Waals surface area contributed by atoms with Crippen molar-refractivity contribution in [3.63, 3.8) is 0 Å². The van der Waals surface area contributed by atoms with Gasteiger partial charge in [0.25, 0.3) is 5.91 Å². The highest BCUT2D eigenvalue weighted by molar-refractivity contribution is 9.10. The van der Waals surface area contributed by atoms with Crippen molar-refractivity contribution in [2.45, 2.75) is 37.2 Å². The Morgan fingerprint density at radius 1 is 1.12 bits per heavy atom. The van der Waals surface area contributed by atoms with E-state index in [9.17, 15) is 18.0 Å². The number of nitrogens with zero attached hydrogens (tertiary/aromatic N) is 1. The lowest BCUT2D eigenvalue weighted by Crippen LogP contribution is -2.52. The molecule has 41 heavy (non-hydrogen) atoms. The second kappa shape index (κ2) is 13.3. The van der Waals surface area contributed by atoms with Crippen LogP contribution in [0.15, 0.2) is 94.9 Å². The van der Waals surface area contributed by atoms with Crippen LogP contribution in [-0.2, 0) is 22.3 Å². The Balaban J connectivity index is 1.62. The molecule has 1 aliphatic rings. The van der Waals surface area contributed by atoms with E-state index in [1.54, 1.807) is 30.3 Å². The third-order valence-corrected chi connectivity index (χ3v) is 6.99. The number of ether oxygens (including phenoxy) is 2.